The molecule has 0 unspecified atom stereocenters. The Kier molecular flexibility index (Phi) is 6.68. The highest BCUT2D eigenvalue weighted by atomic mass is 16.6. The van der Waals surface area contributed by atoms with E-state index in [4.69, 9.17) is 23.9 Å². The van der Waals surface area contributed by atoms with Crippen LogP contribution >= 0.6 is 0 Å². The van der Waals surface area contributed by atoms with Gasteiger partial charge in [-0.05, 0) is 77.4 Å². The number of fused-ring (bicyclic) bond motifs is 2. The smallest absolute Gasteiger partial charge is 0.265 e. The summed E-state index contributed by atoms with van der Waals surface area (Å²) in [5.74, 6) is 2.82. The van der Waals surface area contributed by atoms with Crippen LogP contribution in [0.25, 0.3) is 33.6 Å². The molecule has 7 nitrogen and oxygen atoms in total. The maximum atomic E-state index is 13.0. The first-order chi connectivity index (χ1) is 20.6. The Labute approximate surface area is 243 Å². The molecule has 7 rings (SSSR count). The molecule has 0 radical (unpaired) electrons. The maximum absolute atomic E-state index is 13.0. The van der Waals surface area contributed by atoms with E-state index in [2.05, 4.69) is 12.1 Å². The van der Waals surface area contributed by atoms with E-state index in [0.29, 0.717) is 31.3 Å². The molecule has 4 aromatic carbocycles. The number of hydrogen-bond acceptors (Lipinski definition) is 6. The number of anilines is 1. The number of aromatic nitrogens is 1. The zero-order valence-corrected chi connectivity index (χ0v) is 23.1. The number of benzene rings is 4. The van der Waals surface area contributed by atoms with E-state index >= 15 is 0 Å². The highest BCUT2D eigenvalue weighted by Gasteiger charge is 2.26. The summed E-state index contributed by atoms with van der Waals surface area (Å²) < 4.78 is 22.8. The summed E-state index contributed by atoms with van der Waals surface area (Å²) >= 11 is 0. The van der Waals surface area contributed by atoms with Crippen molar-refractivity contribution in [2.75, 3.05) is 31.8 Å². The van der Waals surface area contributed by atoms with Gasteiger partial charge in [-0.3, -0.25) is 4.79 Å². The van der Waals surface area contributed by atoms with Gasteiger partial charge in [0.25, 0.3) is 5.91 Å². The summed E-state index contributed by atoms with van der Waals surface area (Å²) in [6.45, 7) is 1.52. The van der Waals surface area contributed by atoms with Gasteiger partial charge < -0.3 is 23.8 Å². The average molecular weight is 557 g/mol. The monoisotopic (exact) mass is 556 g/mol. The van der Waals surface area contributed by atoms with Crippen LogP contribution in [0.5, 0.6) is 23.0 Å². The number of ether oxygens (including phenoxy) is 4. The van der Waals surface area contributed by atoms with Crippen molar-refractivity contribution in [3.63, 3.8) is 0 Å². The molecule has 0 aliphatic carbocycles. The van der Waals surface area contributed by atoms with Crippen LogP contribution in [0.1, 0.15) is 5.56 Å². The first-order valence-corrected chi connectivity index (χ1v) is 13.8. The highest BCUT2D eigenvalue weighted by molar-refractivity contribution is 5.98. The molecule has 0 bridgehead atoms. The number of nitrogens with zero attached hydrogens (tertiary/aromatic N) is 2. The number of hydrogen-bond donors (Lipinski definition) is 0. The van der Waals surface area contributed by atoms with Gasteiger partial charge in [0.15, 0.2) is 18.1 Å². The first-order valence-electron chi connectivity index (χ1n) is 13.8. The van der Waals surface area contributed by atoms with Crippen LogP contribution in [-0.4, -0.2) is 37.8 Å². The minimum absolute atomic E-state index is 0.0125. The zero-order valence-electron chi connectivity index (χ0n) is 23.1. The van der Waals surface area contributed by atoms with Gasteiger partial charge in [0.1, 0.15) is 24.7 Å². The molecule has 7 heteroatoms. The predicted octanol–water partition coefficient (Wildman–Crippen LogP) is 6.79. The topological polar surface area (TPSA) is 70.1 Å². The van der Waals surface area contributed by atoms with Crippen LogP contribution in [0.3, 0.4) is 0 Å². The normalized spacial score (nSPS) is 13.7. The number of carbonyl (C=O) groups is 1. The molecule has 0 fully saturated rings. The molecule has 208 valence electrons. The number of methoxy groups -OCH3 is 1. The van der Waals surface area contributed by atoms with Crippen molar-refractivity contribution in [1.82, 2.24) is 4.98 Å². The van der Waals surface area contributed by atoms with Crippen molar-refractivity contribution in [3.05, 3.63) is 109 Å². The third-order valence-corrected chi connectivity index (χ3v) is 7.47. The summed E-state index contributed by atoms with van der Waals surface area (Å²) in [4.78, 5) is 19.9. The largest absolute Gasteiger partial charge is 0.497 e. The Morgan fingerprint density at radius 3 is 2.10 bits per heavy atom. The van der Waals surface area contributed by atoms with Crippen molar-refractivity contribution in [2.45, 2.75) is 6.54 Å². The minimum atomic E-state index is -0.0830. The van der Waals surface area contributed by atoms with E-state index in [1.54, 1.807) is 12.0 Å². The molecule has 0 saturated carbocycles. The summed E-state index contributed by atoms with van der Waals surface area (Å²) in [5, 5.41) is 0. The average Bonchev–Trinajstić information content (AvgIpc) is 3.06. The second-order valence-corrected chi connectivity index (χ2v) is 10.1. The SMILES string of the molecule is COc1ccc(-c2cc(-c3ccc4c(c3)OCCO4)nc(-c3ccc4c(c3)N(Cc3ccccc3)C(=O)CO4)c2)cc1. The fourth-order valence-electron chi connectivity index (χ4n) is 5.28. The van der Waals surface area contributed by atoms with Crippen molar-refractivity contribution in [1.29, 1.82) is 0 Å². The summed E-state index contributed by atoms with van der Waals surface area (Å²) in [7, 11) is 1.66. The number of carbonyl (C=O) groups excluding carboxylic acids is 1. The molecule has 2 aliphatic rings. The number of pyridine rings is 1. The van der Waals surface area contributed by atoms with Gasteiger partial charge in [0.2, 0.25) is 0 Å². The maximum Gasteiger partial charge on any atom is 0.265 e. The van der Waals surface area contributed by atoms with Crippen molar-refractivity contribution >= 4 is 11.6 Å². The first kappa shape index (κ1) is 25.7. The van der Waals surface area contributed by atoms with Gasteiger partial charge in [-0.25, -0.2) is 4.98 Å². The molecule has 1 aromatic heterocycles. The fourth-order valence-corrected chi connectivity index (χ4v) is 5.28. The van der Waals surface area contributed by atoms with Crippen LogP contribution in [0.2, 0.25) is 0 Å². The summed E-state index contributed by atoms with van der Waals surface area (Å²) in [6.07, 6.45) is 0. The molecule has 3 heterocycles. The van der Waals surface area contributed by atoms with Gasteiger partial charge in [0, 0.05) is 11.1 Å². The standard InChI is InChI=1S/C35H28N2O5/c1-39-28-11-7-24(8-12-28)27-17-29(36-30(18-27)26-10-14-33-34(20-26)41-16-15-40-33)25-9-13-32-31(19-25)37(35(38)22-42-32)21-23-5-3-2-4-6-23/h2-14,17-20H,15-16,21-22H2,1H3. The van der Waals surface area contributed by atoms with E-state index in [1.165, 1.54) is 0 Å². The Balaban J connectivity index is 1.34. The quantitative estimate of drug-likeness (QED) is 0.229. The number of rotatable bonds is 6. The molecule has 1 amide bonds. The Morgan fingerprint density at radius 2 is 1.36 bits per heavy atom. The molecular formula is C35H28N2O5. The van der Waals surface area contributed by atoms with Gasteiger partial charge in [-0.2, -0.15) is 0 Å². The predicted molar refractivity (Wildman–Crippen MR) is 161 cm³/mol. The Morgan fingerprint density at radius 1 is 0.690 bits per heavy atom. The lowest BCUT2D eigenvalue weighted by Crippen LogP contribution is -2.38. The van der Waals surface area contributed by atoms with Gasteiger partial charge in [0.05, 0.1) is 30.7 Å². The number of amides is 1. The molecule has 5 aromatic rings. The molecule has 42 heavy (non-hydrogen) atoms. The van der Waals surface area contributed by atoms with E-state index in [-0.39, 0.29) is 12.5 Å². The van der Waals surface area contributed by atoms with Crippen molar-refractivity contribution < 1.29 is 23.7 Å². The van der Waals surface area contributed by atoms with Crippen LogP contribution in [0.15, 0.2) is 103 Å². The Bertz CT molecular complexity index is 1770. The second kappa shape index (κ2) is 10.9. The van der Waals surface area contributed by atoms with E-state index < -0.39 is 0 Å². The van der Waals surface area contributed by atoms with E-state index in [9.17, 15) is 4.79 Å². The Hall–Kier alpha value is -5.30. The van der Waals surface area contributed by atoms with Crippen LogP contribution in [0, 0.1) is 0 Å². The molecular weight excluding hydrogens is 528 g/mol. The minimum Gasteiger partial charge on any atom is -0.497 e. The fraction of sp³-hybridized carbons (Fsp3) is 0.143. The lowest BCUT2D eigenvalue weighted by atomic mass is 9.99. The zero-order chi connectivity index (χ0) is 28.5. The van der Waals surface area contributed by atoms with E-state index in [1.807, 2.05) is 91.0 Å². The highest BCUT2D eigenvalue weighted by Crippen LogP contribution is 2.40. The van der Waals surface area contributed by atoms with Gasteiger partial charge in [-0.15, -0.1) is 0 Å². The lowest BCUT2D eigenvalue weighted by molar-refractivity contribution is -0.121. The van der Waals surface area contributed by atoms with Crippen LogP contribution < -0.4 is 23.8 Å². The molecule has 0 spiro atoms. The molecule has 0 saturated heterocycles. The lowest BCUT2D eigenvalue weighted by Gasteiger charge is -2.30. The third-order valence-electron chi connectivity index (χ3n) is 7.47. The third kappa shape index (κ3) is 5.01. The van der Waals surface area contributed by atoms with Gasteiger partial charge in [-0.1, -0.05) is 42.5 Å². The van der Waals surface area contributed by atoms with Crippen LogP contribution in [0.4, 0.5) is 5.69 Å². The van der Waals surface area contributed by atoms with Gasteiger partial charge >= 0.3 is 0 Å². The van der Waals surface area contributed by atoms with E-state index in [0.717, 1.165) is 56.4 Å². The summed E-state index contributed by atoms with van der Waals surface area (Å²) in [6, 6.07) is 33.9. The molecule has 0 atom stereocenters. The second-order valence-electron chi connectivity index (χ2n) is 10.1. The molecule has 0 N–H and O–H groups in total. The van der Waals surface area contributed by atoms with Crippen LogP contribution in [-0.2, 0) is 11.3 Å². The molecule has 2 aliphatic heterocycles. The van der Waals surface area contributed by atoms with Crippen molar-refractivity contribution in [3.8, 4) is 56.6 Å². The summed E-state index contributed by atoms with van der Waals surface area (Å²) in [5.41, 5.74) is 7.15. The van der Waals surface area contributed by atoms with Crippen molar-refractivity contribution in [2.24, 2.45) is 0 Å².